The number of fused-ring (bicyclic) bond motifs is 1. The summed E-state index contributed by atoms with van der Waals surface area (Å²) in [6.07, 6.45) is 4.64. The minimum atomic E-state index is -3.69. The van der Waals surface area contributed by atoms with E-state index in [0.717, 1.165) is 12.1 Å². The Kier molecular flexibility index (Phi) is 5.82. The van der Waals surface area contributed by atoms with E-state index in [0.29, 0.717) is 43.4 Å². The first-order valence-corrected chi connectivity index (χ1v) is 12.4. The smallest absolute Gasteiger partial charge is 0.253 e. The fourth-order valence-electron chi connectivity index (χ4n) is 4.05. The lowest BCUT2D eigenvalue weighted by Gasteiger charge is -2.34. The van der Waals surface area contributed by atoms with E-state index in [1.54, 1.807) is 29.2 Å². The lowest BCUT2D eigenvalue weighted by atomic mass is 10.1. The molecule has 3 heterocycles. The first-order valence-electron chi connectivity index (χ1n) is 10.9. The van der Waals surface area contributed by atoms with E-state index < -0.39 is 10.0 Å². The van der Waals surface area contributed by atoms with Crippen LogP contribution < -0.4 is 9.47 Å². The summed E-state index contributed by atoms with van der Waals surface area (Å²) in [5.41, 5.74) is 1.56. The van der Waals surface area contributed by atoms with Gasteiger partial charge in [-0.15, -0.1) is 0 Å². The average Bonchev–Trinajstić information content (AvgIpc) is 3.29. The normalized spacial score (nSPS) is 16.9. The van der Waals surface area contributed by atoms with Gasteiger partial charge in [0.25, 0.3) is 5.91 Å². The molecule has 2 aliphatic heterocycles. The fourth-order valence-corrected chi connectivity index (χ4v) is 5.49. The molecule has 0 aliphatic carbocycles. The first-order chi connectivity index (χ1) is 16.0. The van der Waals surface area contributed by atoms with E-state index in [2.05, 4.69) is 0 Å². The van der Waals surface area contributed by atoms with Gasteiger partial charge in [0, 0.05) is 62.3 Å². The number of hydrogen-bond donors (Lipinski definition) is 0. The van der Waals surface area contributed by atoms with Crippen LogP contribution in [0.4, 0.5) is 0 Å². The average molecular weight is 468 g/mol. The molecule has 1 saturated heterocycles. The Labute approximate surface area is 193 Å². The summed E-state index contributed by atoms with van der Waals surface area (Å²) in [5.74, 6) is 0.914. The molecule has 2 aromatic carbocycles. The van der Waals surface area contributed by atoms with Gasteiger partial charge < -0.3 is 18.9 Å². The zero-order chi connectivity index (χ0) is 22.8. The number of rotatable bonds is 4. The molecule has 5 rings (SSSR count). The predicted octanol–water partition coefficient (Wildman–Crippen LogP) is 2.79. The highest BCUT2D eigenvalue weighted by Crippen LogP contribution is 2.33. The quantitative estimate of drug-likeness (QED) is 0.590. The van der Waals surface area contributed by atoms with Gasteiger partial charge in [0.15, 0.2) is 11.5 Å². The Bertz CT molecular complexity index is 1230. The molecule has 1 aromatic heterocycles. The maximum Gasteiger partial charge on any atom is 0.253 e. The summed E-state index contributed by atoms with van der Waals surface area (Å²) in [5, 5.41) is 0. The summed E-state index contributed by atoms with van der Waals surface area (Å²) in [6, 6.07) is 16.0. The van der Waals surface area contributed by atoms with Gasteiger partial charge in [-0.05, 0) is 48.5 Å². The summed E-state index contributed by atoms with van der Waals surface area (Å²) in [6.45, 7) is 2.19. The van der Waals surface area contributed by atoms with Crippen LogP contribution >= 0.6 is 0 Å². The number of sulfonamides is 1. The molecule has 3 aromatic rings. The number of nitrogens with zero attached hydrogens (tertiary/aromatic N) is 3. The number of piperazine rings is 1. The van der Waals surface area contributed by atoms with Crippen molar-refractivity contribution in [2.24, 2.45) is 0 Å². The number of ether oxygens (including phenoxy) is 2. The van der Waals surface area contributed by atoms with Crippen LogP contribution in [-0.2, 0) is 10.0 Å². The van der Waals surface area contributed by atoms with E-state index in [-0.39, 0.29) is 23.9 Å². The number of carbonyl (C=O) groups excluding carboxylic acids is 1. The van der Waals surface area contributed by atoms with Crippen LogP contribution in [0.5, 0.6) is 11.5 Å². The van der Waals surface area contributed by atoms with Gasteiger partial charge in [-0.1, -0.05) is 0 Å². The van der Waals surface area contributed by atoms with Crippen molar-refractivity contribution in [1.29, 1.82) is 0 Å². The topological polar surface area (TPSA) is 81.1 Å². The number of carbonyl (C=O) groups is 1. The SMILES string of the molecule is O=C(c1ccc(-n2cccc2)cc1)N1CCN(S(=O)(=O)c2ccc3c(c2)OCCCO3)CC1. The number of amides is 1. The largest absolute Gasteiger partial charge is 0.490 e. The van der Waals surface area contributed by atoms with Crippen LogP contribution in [0.2, 0.25) is 0 Å². The molecule has 172 valence electrons. The van der Waals surface area contributed by atoms with Crippen LogP contribution in [0.1, 0.15) is 16.8 Å². The van der Waals surface area contributed by atoms with Crippen molar-refractivity contribution in [3.63, 3.8) is 0 Å². The van der Waals surface area contributed by atoms with E-state index in [9.17, 15) is 13.2 Å². The second-order valence-electron chi connectivity index (χ2n) is 7.99. The van der Waals surface area contributed by atoms with Crippen molar-refractivity contribution in [3.8, 4) is 17.2 Å². The molecule has 0 saturated carbocycles. The van der Waals surface area contributed by atoms with Crippen LogP contribution in [0, 0.1) is 0 Å². The van der Waals surface area contributed by atoms with E-state index in [1.165, 1.54) is 10.4 Å². The van der Waals surface area contributed by atoms with Crippen molar-refractivity contribution in [2.75, 3.05) is 39.4 Å². The first kappa shape index (κ1) is 21.5. The third-order valence-corrected chi connectivity index (χ3v) is 7.79. The Morgan fingerprint density at radius 3 is 2.18 bits per heavy atom. The zero-order valence-corrected chi connectivity index (χ0v) is 18.9. The molecule has 0 atom stereocenters. The molecule has 0 radical (unpaired) electrons. The third-order valence-electron chi connectivity index (χ3n) is 5.90. The van der Waals surface area contributed by atoms with Gasteiger partial charge in [-0.2, -0.15) is 4.31 Å². The highest BCUT2D eigenvalue weighted by atomic mass is 32.2. The summed E-state index contributed by atoms with van der Waals surface area (Å²) in [4.78, 5) is 14.8. The molecule has 8 nitrogen and oxygen atoms in total. The maximum absolute atomic E-state index is 13.2. The molecule has 0 spiro atoms. The fraction of sp³-hybridized carbons (Fsp3) is 0.292. The van der Waals surface area contributed by atoms with Gasteiger partial charge in [0.05, 0.1) is 18.1 Å². The molecule has 0 N–H and O–H groups in total. The molecular formula is C24H25N3O5S. The van der Waals surface area contributed by atoms with E-state index in [4.69, 9.17) is 9.47 Å². The number of benzene rings is 2. The van der Waals surface area contributed by atoms with Crippen molar-refractivity contribution in [2.45, 2.75) is 11.3 Å². The minimum Gasteiger partial charge on any atom is -0.490 e. The highest BCUT2D eigenvalue weighted by molar-refractivity contribution is 7.89. The Morgan fingerprint density at radius 1 is 0.818 bits per heavy atom. The van der Waals surface area contributed by atoms with Crippen LogP contribution in [0.25, 0.3) is 5.69 Å². The van der Waals surface area contributed by atoms with Crippen molar-refractivity contribution in [1.82, 2.24) is 13.8 Å². The lowest BCUT2D eigenvalue weighted by molar-refractivity contribution is 0.0698. The van der Waals surface area contributed by atoms with Crippen molar-refractivity contribution < 1.29 is 22.7 Å². The van der Waals surface area contributed by atoms with E-state index in [1.807, 2.05) is 41.2 Å². The molecule has 0 bridgehead atoms. The van der Waals surface area contributed by atoms with Gasteiger partial charge >= 0.3 is 0 Å². The maximum atomic E-state index is 13.2. The third kappa shape index (κ3) is 4.34. The van der Waals surface area contributed by atoms with Gasteiger partial charge in [-0.25, -0.2) is 8.42 Å². The molecule has 9 heteroatoms. The van der Waals surface area contributed by atoms with Crippen LogP contribution in [0.15, 0.2) is 71.9 Å². The Balaban J connectivity index is 1.25. The van der Waals surface area contributed by atoms with Gasteiger partial charge in [0.1, 0.15) is 0 Å². The Hall–Kier alpha value is -3.30. The molecule has 33 heavy (non-hydrogen) atoms. The van der Waals surface area contributed by atoms with E-state index >= 15 is 0 Å². The summed E-state index contributed by atoms with van der Waals surface area (Å²) < 4.78 is 41.0. The minimum absolute atomic E-state index is 0.0957. The zero-order valence-electron chi connectivity index (χ0n) is 18.1. The molecule has 1 amide bonds. The van der Waals surface area contributed by atoms with Gasteiger partial charge in [-0.3, -0.25) is 4.79 Å². The van der Waals surface area contributed by atoms with Gasteiger partial charge in [0.2, 0.25) is 10.0 Å². The predicted molar refractivity (Wildman–Crippen MR) is 122 cm³/mol. The summed E-state index contributed by atoms with van der Waals surface area (Å²) >= 11 is 0. The highest BCUT2D eigenvalue weighted by Gasteiger charge is 2.31. The van der Waals surface area contributed by atoms with Crippen molar-refractivity contribution >= 4 is 15.9 Å². The second-order valence-corrected chi connectivity index (χ2v) is 9.93. The van der Waals surface area contributed by atoms with Crippen LogP contribution in [-0.4, -0.2) is 67.5 Å². The number of aromatic nitrogens is 1. The monoisotopic (exact) mass is 467 g/mol. The summed E-state index contributed by atoms with van der Waals surface area (Å²) in [7, 11) is -3.69. The second kappa shape index (κ2) is 8.92. The van der Waals surface area contributed by atoms with Crippen LogP contribution in [0.3, 0.4) is 0 Å². The van der Waals surface area contributed by atoms with Crippen molar-refractivity contribution in [3.05, 3.63) is 72.6 Å². The molecule has 1 fully saturated rings. The standard InChI is InChI=1S/C24H25N3O5S/c28-24(19-4-6-20(7-5-19)25-10-1-2-11-25)26-12-14-27(15-13-26)33(29,30)21-8-9-22-23(18-21)32-17-3-16-31-22/h1-2,4-11,18H,3,12-17H2. The molecule has 2 aliphatic rings. The lowest BCUT2D eigenvalue weighted by Crippen LogP contribution is -2.50. The molecular weight excluding hydrogens is 442 g/mol. The Morgan fingerprint density at radius 2 is 1.48 bits per heavy atom. The number of hydrogen-bond acceptors (Lipinski definition) is 5. The molecule has 0 unspecified atom stereocenters.